The van der Waals surface area contributed by atoms with Crippen LogP contribution in [0.5, 0.6) is 0 Å². The lowest BCUT2D eigenvalue weighted by atomic mass is 9.88. The number of para-hydroxylation sites is 1. The number of nitro groups is 1. The van der Waals surface area contributed by atoms with Gasteiger partial charge in [-0.05, 0) is 42.8 Å². The number of aryl methyl sites for hydroxylation is 1. The molecule has 6 rings (SSSR count). The first-order valence-electron chi connectivity index (χ1n) is 11.9. The van der Waals surface area contributed by atoms with E-state index >= 15 is 0 Å². The molecule has 3 amide bonds. The average Bonchev–Trinajstić information content (AvgIpc) is 3.38. The van der Waals surface area contributed by atoms with E-state index in [1.54, 1.807) is 12.1 Å². The summed E-state index contributed by atoms with van der Waals surface area (Å²) in [6.07, 6.45) is 3.82. The highest BCUT2D eigenvalue weighted by Crippen LogP contribution is 2.49. The third kappa shape index (κ3) is 3.50. The molecule has 2 fully saturated rings. The minimum atomic E-state index is -0.955. The van der Waals surface area contributed by atoms with Crippen molar-refractivity contribution in [2.45, 2.75) is 19.0 Å². The van der Waals surface area contributed by atoms with Crippen LogP contribution >= 0.6 is 0 Å². The van der Waals surface area contributed by atoms with Crippen LogP contribution in [-0.2, 0) is 14.4 Å². The van der Waals surface area contributed by atoms with Gasteiger partial charge in [-0.1, -0.05) is 48.0 Å². The zero-order valence-electron chi connectivity index (χ0n) is 19.8. The molecule has 9 heteroatoms. The first-order valence-corrected chi connectivity index (χ1v) is 11.9. The number of nitrogens with zero attached hydrogens (tertiary/aromatic N) is 3. The molecule has 0 saturated carbocycles. The number of hydrogen-bond donors (Lipinski definition) is 1. The molecular formula is C28H22N4O5. The summed E-state index contributed by atoms with van der Waals surface area (Å²) < 4.78 is 0. The smallest absolute Gasteiger partial charge is 0.269 e. The SMILES string of the molecule is Cc1ccc(N2C(=O)[C@@H]3[C@H](C2=O)[C@H](C(=O)Nc2ccc([N+](=O)[O-])cc2)N2c4ccccc4C=C[C@H]32)cc1. The first-order chi connectivity index (χ1) is 17.8. The molecule has 9 nitrogen and oxygen atoms in total. The van der Waals surface area contributed by atoms with E-state index in [9.17, 15) is 24.5 Å². The molecule has 3 heterocycles. The van der Waals surface area contributed by atoms with Gasteiger partial charge < -0.3 is 10.2 Å². The van der Waals surface area contributed by atoms with Crippen LogP contribution in [0.25, 0.3) is 6.08 Å². The second-order valence-electron chi connectivity index (χ2n) is 9.45. The van der Waals surface area contributed by atoms with E-state index in [0.717, 1.165) is 16.8 Å². The van der Waals surface area contributed by atoms with Gasteiger partial charge >= 0.3 is 0 Å². The van der Waals surface area contributed by atoms with Crippen molar-refractivity contribution in [3.05, 3.63) is 100 Å². The molecule has 3 aliphatic heterocycles. The van der Waals surface area contributed by atoms with Gasteiger partial charge in [0.1, 0.15) is 6.04 Å². The van der Waals surface area contributed by atoms with Gasteiger partial charge in [-0.25, -0.2) is 4.90 Å². The molecule has 0 radical (unpaired) electrons. The van der Waals surface area contributed by atoms with E-state index in [1.807, 2.05) is 60.4 Å². The van der Waals surface area contributed by atoms with Gasteiger partial charge in [-0.2, -0.15) is 0 Å². The van der Waals surface area contributed by atoms with E-state index in [1.165, 1.54) is 29.2 Å². The average molecular weight is 495 g/mol. The van der Waals surface area contributed by atoms with E-state index in [4.69, 9.17) is 0 Å². The van der Waals surface area contributed by atoms with Gasteiger partial charge in [0.25, 0.3) is 5.69 Å². The summed E-state index contributed by atoms with van der Waals surface area (Å²) >= 11 is 0. The minimum Gasteiger partial charge on any atom is -0.351 e. The quantitative estimate of drug-likeness (QED) is 0.334. The minimum absolute atomic E-state index is 0.0978. The fraction of sp³-hybridized carbons (Fsp3) is 0.179. The molecule has 2 saturated heterocycles. The van der Waals surface area contributed by atoms with Gasteiger partial charge in [0, 0.05) is 23.5 Å². The van der Waals surface area contributed by atoms with Crippen LogP contribution in [0.2, 0.25) is 0 Å². The topological polar surface area (TPSA) is 113 Å². The first kappa shape index (κ1) is 22.7. The summed E-state index contributed by atoms with van der Waals surface area (Å²) in [7, 11) is 0. The lowest BCUT2D eigenvalue weighted by molar-refractivity contribution is -0.384. The number of imide groups is 1. The Bertz CT molecular complexity index is 1480. The molecule has 0 spiro atoms. The number of hydrogen-bond acceptors (Lipinski definition) is 6. The predicted octanol–water partition coefficient (Wildman–Crippen LogP) is 3.93. The summed E-state index contributed by atoms with van der Waals surface area (Å²) in [5, 5.41) is 13.8. The maximum Gasteiger partial charge on any atom is 0.269 e. The van der Waals surface area contributed by atoms with Crippen molar-refractivity contribution in [2.24, 2.45) is 11.8 Å². The molecule has 37 heavy (non-hydrogen) atoms. The van der Waals surface area contributed by atoms with E-state index < -0.39 is 40.7 Å². The normalized spacial score (nSPS) is 23.5. The Hall–Kier alpha value is -4.79. The van der Waals surface area contributed by atoms with Crippen molar-refractivity contribution in [1.29, 1.82) is 0 Å². The molecular weight excluding hydrogens is 472 g/mol. The Morgan fingerprint density at radius 1 is 0.919 bits per heavy atom. The molecule has 0 bridgehead atoms. The molecule has 3 aliphatic rings. The fourth-order valence-corrected chi connectivity index (χ4v) is 5.64. The lowest BCUT2D eigenvalue weighted by Crippen LogP contribution is -2.50. The predicted molar refractivity (Wildman–Crippen MR) is 138 cm³/mol. The van der Waals surface area contributed by atoms with Gasteiger partial charge in [-0.15, -0.1) is 0 Å². The number of fused-ring (bicyclic) bond motifs is 5. The van der Waals surface area contributed by atoms with E-state index in [2.05, 4.69) is 5.32 Å². The summed E-state index contributed by atoms with van der Waals surface area (Å²) in [5.41, 5.74) is 3.42. The maximum atomic E-state index is 13.8. The van der Waals surface area contributed by atoms with Crippen LogP contribution in [0.4, 0.5) is 22.7 Å². The van der Waals surface area contributed by atoms with E-state index in [0.29, 0.717) is 11.4 Å². The molecule has 0 aromatic heterocycles. The Labute approximate surface area is 212 Å². The Morgan fingerprint density at radius 2 is 1.59 bits per heavy atom. The molecule has 3 aromatic carbocycles. The Morgan fingerprint density at radius 3 is 2.30 bits per heavy atom. The summed E-state index contributed by atoms with van der Waals surface area (Å²) in [6.45, 7) is 1.92. The van der Waals surface area contributed by atoms with Crippen molar-refractivity contribution in [3.8, 4) is 0 Å². The van der Waals surface area contributed by atoms with Crippen molar-refractivity contribution >= 4 is 46.5 Å². The highest BCUT2D eigenvalue weighted by Gasteiger charge is 2.64. The maximum absolute atomic E-state index is 13.8. The van der Waals surface area contributed by atoms with Crippen LogP contribution < -0.4 is 15.1 Å². The summed E-state index contributed by atoms with van der Waals surface area (Å²) in [6, 6.07) is 18.8. The van der Waals surface area contributed by atoms with Gasteiger partial charge in [0.15, 0.2) is 0 Å². The Kier molecular flexibility index (Phi) is 5.15. The van der Waals surface area contributed by atoms with Crippen molar-refractivity contribution in [3.63, 3.8) is 0 Å². The van der Waals surface area contributed by atoms with Crippen molar-refractivity contribution < 1.29 is 19.3 Å². The molecule has 3 aromatic rings. The van der Waals surface area contributed by atoms with Gasteiger partial charge in [0.2, 0.25) is 17.7 Å². The lowest BCUT2D eigenvalue weighted by Gasteiger charge is -2.36. The van der Waals surface area contributed by atoms with Gasteiger partial charge in [0.05, 0.1) is 28.5 Å². The second-order valence-corrected chi connectivity index (χ2v) is 9.45. The molecule has 184 valence electrons. The molecule has 0 aliphatic carbocycles. The van der Waals surface area contributed by atoms with Crippen molar-refractivity contribution in [2.75, 3.05) is 15.1 Å². The number of anilines is 3. The number of rotatable bonds is 4. The summed E-state index contributed by atoms with van der Waals surface area (Å²) in [4.78, 5) is 54.9. The zero-order valence-corrected chi connectivity index (χ0v) is 19.8. The van der Waals surface area contributed by atoms with Crippen molar-refractivity contribution in [1.82, 2.24) is 0 Å². The third-order valence-electron chi connectivity index (χ3n) is 7.32. The van der Waals surface area contributed by atoms with Crippen LogP contribution in [0.3, 0.4) is 0 Å². The zero-order chi connectivity index (χ0) is 25.8. The van der Waals surface area contributed by atoms with Crippen LogP contribution in [0.15, 0.2) is 78.9 Å². The van der Waals surface area contributed by atoms with Crippen LogP contribution in [0.1, 0.15) is 11.1 Å². The monoisotopic (exact) mass is 494 g/mol. The molecule has 0 unspecified atom stereocenters. The van der Waals surface area contributed by atoms with Crippen LogP contribution in [0, 0.1) is 28.9 Å². The number of nitro benzene ring substituents is 1. The van der Waals surface area contributed by atoms with E-state index in [-0.39, 0.29) is 11.6 Å². The Balaban J connectivity index is 1.40. The number of non-ortho nitro benzene ring substituents is 1. The molecule has 1 N–H and O–H groups in total. The number of benzene rings is 3. The van der Waals surface area contributed by atoms with Crippen LogP contribution in [-0.4, -0.2) is 34.7 Å². The highest BCUT2D eigenvalue weighted by atomic mass is 16.6. The summed E-state index contributed by atoms with van der Waals surface area (Å²) in [5.74, 6) is -2.83. The highest BCUT2D eigenvalue weighted by molar-refractivity contribution is 6.25. The third-order valence-corrected chi connectivity index (χ3v) is 7.32. The number of carbonyl (C=O) groups excluding carboxylic acids is 3. The standard InChI is InChI=1S/C28H22N4O5/c1-16-6-11-19(12-7-16)30-27(34)23-22-15-8-17-4-2-3-5-21(17)31(22)25(24(23)28(30)35)26(33)29-18-9-13-20(14-10-18)32(36)37/h2-15,22-25H,1H3,(H,29,33)/t22-,23+,24+,25-/m1/s1. The fourth-order valence-electron chi connectivity index (χ4n) is 5.64. The number of amides is 3. The number of nitrogens with one attached hydrogen (secondary N) is 1. The second kappa shape index (κ2) is 8.41. The number of carbonyl (C=O) groups is 3. The largest absolute Gasteiger partial charge is 0.351 e. The van der Waals surface area contributed by atoms with Gasteiger partial charge in [-0.3, -0.25) is 24.5 Å². The molecule has 4 atom stereocenters.